The Morgan fingerprint density at radius 3 is 2.04 bits per heavy atom. The molecule has 1 aromatic heterocycles. The lowest BCUT2D eigenvalue weighted by atomic mass is 9.67. The monoisotopic (exact) mass is 366 g/mol. The Kier molecular flexibility index (Phi) is 6.95. The molecule has 2 nitrogen and oxygen atoms in total. The standard InChI is InChI=1S/C22H42N2S/c1-16(2)11-12-22(10,23)18-24-17(13-25-18)21(8,9)15-20(6,7)14-19(3,4)5/h13,16H,11-12,14-15,23H2,1-10H3. The molecule has 0 spiro atoms. The first kappa shape index (κ1) is 22.6. The smallest absolute Gasteiger partial charge is 0.112 e. The van der Waals surface area contributed by atoms with Crippen LogP contribution in [0.15, 0.2) is 5.38 Å². The topological polar surface area (TPSA) is 38.9 Å². The zero-order valence-corrected chi connectivity index (χ0v) is 19.2. The highest BCUT2D eigenvalue weighted by atomic mass is 32.1. The van der Waals surface area contributed by atoms with Gasteiger partial charge in [0.1, 0.15) is 5.01 Å². The minimum absolute atomic E-state index is 0.0671. The van der Waals surface area contributed by atoms with Gasteiger partial charge in [-0.3, -0.25) is 0 Å². The normalized spacial score (nSPS) is 16.3. The highest BCUT2D eigenvalue weighted by molar-refractivity contribution is 7.09. The second-order valence-electron chi connectivity index (χ2n) is 11.4. The molecule has 1 unspecified atom stereocenters. The number of thiazole rings is 1. The summed E-state index contributed by atoms with van der Waals surface area (Å²) in [6.07, 6.45) is 4.48. The van der Waals surface area contributed by atoms with Crippen LogP contribution >= 0.6 is 11.3 Å². The molecule has 0 aromatic carbocycles. The van der Waals surface area contributed by atoms with Crippen LogP contribution in [0.3, 0.4) is 0 Å². The van der Waals surface area contributed by atoms with E-state index in [4.69, 9.17) is 10.7 Å². The summed E-state index contributed by atoms with van der Waals surface area (Å²) in [6.45, 7) is 23.1. The maximum Gasteiger partial charge on any atom is 0.112 e. The molecule has 0 radical (unpaired) electrons. The average molecular weight is 367 g/mol. The van der Waals surface area contributed by atoms with Gasteiger partial charge in [-0.05, 0) is 49.4 Å². The van der Waals surface area contributed by atoms with Gasteiger partial charge in [0.25, 0.3) is 0 Å². The molecule has 0 saturated heterocycles. The summed E-state index contributed by atoms with van der Waals surface area (Å²) in [4.78, 5) is 5.01. The van der Waals surface area contributed by atoms with Crippen LogP contribution in [0, 0.1) is 16.7 Å². The molecule has 2 N–H and O–H groups in total. The van der Waals surface area contributed by atoms with Crippen LogP contribution in [0.5, 0.6) is 0 Å². The Bertz CT molecular complexity index is 545. The number of nitrogens with two attached hydrogens (primary N) is 1. The van der Waals surface area contributed by atoms with Gasteiger partial charge in [-0.2, -0.15) is 0 Å². The molecule has 0 aliphatic heterocycles. The van der Waals surface area contributed by atoms with Crippen LogP contribution in [0.4, 0.5) is 0 Å². The molecule has 0 fully saturated rings. The van der Waals surface area contributed by atoms with E-state index in [-0.39, 0.29) is 16.4 Å². The van der Waals surface area contributed by atoms with Crippen LogP contribution in [0.2, 0.25) is 0 Å². The van der Waals surface area contributed by atoms with Crippen molar-refractivity contribution < 1.29 is 0 Å². The molecular weight excluding hydrogens is 324 g/mol. The van der Waals surface area contributed by atoms with Crippen molar-refractivity contribution in [3.63, 3.8) is 0 Å². The molecule has 146 valence electrons. The first-order valence-corrected chi connectivity index (χ1v) is 10.7. The number of hydrogen-bond donors (Lipinski definition) is 1. The first-order chi connectivity index (χ1) is 11.0. The largest absolute Gasteiger partial charge is 0.320 e. The van der Waals surface area contributed by atoms with Crippen LogP contribution in [0.1, 0.15) is 106 Å². The number of rotatable bonds is 8. The van der Waals surface area contributed by atoms with E-state index in [9.17, 15) is 0 Å². The molecule has 0 saturated carbocycles. The van der Waals surface area contributed by atoms with Gasteiger partial charge < -0.3 is 5.73 Å². The molecule has 1 atom stereocenters. The van der Waals surface area contributed by atoms with Crippen molar-refractivity contribution in [2.75, 3.05) is 0 Å². The highest BCUT2D eigenvalue weighted by Crippen LogP contribution is 2.43. The summed E-state index contributed by atoms with van der Waals surface area (Å²) in [6, 6.07) is 0. The van der Waals surface area contributed by atoms with E-state index in [1.807, 2.05) is 0 Å². The van der Waals surface area contributed by atoms with E-state index in [1.165, 1.54) is 12.1 Å². The Hall–Kier alpha value is -0.410. The van der Waals surface area contributed by atoms with Crippen LogP contribution in [-0.4, -0.2) is 4.98 Å². The third kappa shape index (κ3) is 7.38. The fourth-order valence-electron chi connectivity index (χ4n) is 4.33. The van der Waals surface area contributed by atoms with Crippen molar-refractivity contribution >= 4 is 11.3 Å². The highest BCUT2D eigenvalue weighted by Gasteiger charge is 2.35. The van der Waals surface area contributed by atoms with Crippen molar-refractivity contribution in [1.29, 1.82) is 0 Å². The van der Waals surface area contributed by atoms with Crippen LogP contribution < -0.4 is 5.73 Å². The molecule has 0 bridgehead atoms. The molecule has 25 heavy (non-hydrogen) atoms. The minimum atomic E-state index is -0.315. The summed E-state index contributed by atoms with van der Waals surface area (Å²) in [5.74, 6) is 0.678. The van der Waals surface area contributed by atoms with E-state index in [0.29, 0.717) is 11.3 Å². The lowest BCUT2D eigenvalue weighted by molar-refractivity contribution is 0.164. The zero-order valence-electron chi connectivity index (χ0n) is 18.4. The maximum atomic E-state index is 6.60. The zero-order chi connectivity index (χ0) is 19.7. The lowest BCUT2D eigenvalue weighted by Crippen LogP contribution is -2.34. The average Bonchev–Trinajstić information content (AvgIpc) is 2.82. The molecular formula is C22H42N2S. The summed E-state index contributed by atoms with van der Waals surface area (Å²) in [5.41, 5.74) is 8.19. The van der Waals surface area contributed by atoms with Gasteiger partial charge in [-0.1, -0.05) is 62.3 Å². The molecule has 1 heterocycles. The third-order valence-corrected chi connectivity index (χ3v) is 5.98. The fraction of sp³-hybridized carbons (Fsp3) is 0.864. The van der Waals surface area contributed by atoms with Crippen molar-refractivity contribution in [2.45, 2.75) is 106 Å². The van der Waals surface area contributed by atoms with Gasteiger partial charge in [-0.25, -0.2) is 4.98 Å². The van der Waals surface area contributed by atoms with Crippen molar-refractivity contribution in [3.8, 4) is 0 Å². The quantitative estimate of drug-likeness (QED) is 0.544. The summed E-state index contributed by atoms with van der Waals surface area (Å²) < 4.78 is 0. The van der Waals surface area contributed by atoms with Crippen LogP contribution in [0.25, 0.3) is 0 Å². The predicted molar refractivity (Wildman–Crippen MR) is 113 cm³/mol. The van der Waals surface area contributed by atoms with E-state index >= 15 is 0 Å². The number of hydrogen-bond acceptors (Lipinski definition) is 3. The molecule has 1 aromatic rings. The van der Waals surface area contributed by atoms with E-state index in [2.05, 4.69) is 74.6 Å². The van der Waals surface area contributed by atoms with Crippen molar-refractivity contribution in [1.82, 2.24) is 4.98 Å². The Morgan fingerprint density at radius 2 is 1.56 bits per heavy atom. The van der Waals surface area contributed by atoms with Gasteiger partial charge in [0.05, 0.1) is 11.2 Å². The Balaban J connectivity index is 2.92. The molecule has 3 heteroatoms. The van der Waals surface area contributed by atoms with Gasteiger partial charge in [0.15, 0.2) is 0 Å². The fourth-order valence-corrected chi connectivity index (χ4v) is 5.44. The second-order valence-corrected chi connectivity index (χ2v) is 12.2. The minimum Gasteiger partial charge on any atom is -0.320 e. The summed E-state index contributed by atoms with van der Waals surface area (Å²) in [7, 11) is 0. The molecule has 0 amide bonds. The van der Waals surface area contributed by atoms with Gasteiger partial charge >= 0.3 is 0 Å². The Morgan fingerprint density at radius 1 is 1.00 bits per heavy atom. The van der Waals surface area contributed by atoms with Crippen molar-refractivity contribution in [3.05, 3.63) is 16.1 Å². The van der Waals surface area contributed by atoms with Gasteiger partial charge in [-0.15, -0.1) is 11.3 Å². The van der Waals surface area contributed by atoms with Gasteiger partial charge in [0.2, 0.25) is 0 Å². The summed E-state index contributed by atoms with van der Waals surface area (Å²) >= 11 is 1.74. The maximum absolute atomic E-state index is 6.60. The first-order valence-electron chi connectivity index (χ1n) is 9.80. The summed E-state index contributed by atoms with van der Waals surface area (Å²) in [5, 5.41) is 3.33. The molecule has 0 aliphatic rings. The van der Waals surface area contributed by atoms with E-state index in [1.54, 1.807) is 11.3 Å². The van der Waals surface area contributed by atoms with Gasteiger partial charge in [0, 0.05) is 10.8 Å². The number of nitrogens with zero attached hydrogens (tertiary/aromatic N) is 1. The van der Waals surface area contributed by atoms with Crippen molar-refractivity contribution in [2.24, 2.45) is 22.5 Å². The molecule has 1 rings (SSSR count). The molecule has 0 aliphatic carbocycles. The lowest BCUT2D eigenvalue weighted by Gasteiger charge is -2.38. The Labute approximate surface area is 161 Å². The van der Waals surface area contributed by atoms with Crippen LogP contribution in [-0.2, 0) is 11.0 Å². The van der Waals surface area contributed by atoms with E-state index < -0.39 is 0 Å². The SMILES string of the molecule is CC(C)CCC(C)(N)c1nc(C(C)(C)CC(C)(C)CC(C)(C)C)cs1. The number of aromatic nitrogens is 1. The third-order valence-electron chi connectivity index (χ3n) is 4.86. The van der Waals surface area contributed by atoms with E-state index in [0.717, 1.165) is 24.3 Å². The second kappa shape index (κ2) is 7.68. The predicted octanol–water partition coefficient (Wildman–Crippen LogP) is 6.88.